The zero-order valence-corrected chi connectivity index (χ0v) is 19.7. The van der Waals surface area contributed by atoms with E-state index in [0.717, 1.165) is 25.2 Å². The molecule has 1 aliphatic heterocycles. The van der Waals surface area contributed by atoms with Gasteiger partial charge in [0.15, 0.2) is 0 Å². The predicted octanol–water partition coefficient (Wildman–Crippen LogP) is 4.78. The first-order valence-electron chi connectivity index (χ1n) is 7.72. The van der Waals surface area contributed by atoms with Gasteiger partial charge in [-0.2, -0.15) is 0 Å². The van der Waals surface area contributed by atoms with Crippen LogP contribution in [0.3, 0.4) is 0 Å². The molecule has 0 N–H and O–H groups in total. The van der Waals surface area contributed by atoms with Gasteiger partial charge in [0, 0.05) is 0 Å². The number of hydrogen-bond donors (Lipinski definition) is 0. The van der Waals surface area contributed by atoms with Gasteiger partial charge in [-0.05, 0) is 24.3 Å². The molecule has 1 aliphatic rings. The van der Waals surface area contributed by atoms with Gasteiger partial charge in [0.1, 0.15) is 12.8 Å². The molecule has 0 unspecified atom stereocenters. The van der Waals surface area contributed by atoms with E-state index in [0.29, 0.717) is 0 Å². The fourth-order valence-electron chi connectivity index (χ4n) is 2.59. The van der Waals surface area contributed by atoms with Crippen LogP contribution in [0.4, 0.5) is 0 Å². The van der Waals surface area contributed by atoms with Crippen molar-refractivity contribution < 1.29 is 17.7 Å². The van der Waals surface area contributed by atoms with Crippen molar-refractivity contribution in [1.82, 2.24) is 0 Å². The van der Waals surface area contributed by atoms with E-state index in [1.807, 2.05) is 0 Å². The summed E-state index contributed by atoms with van der Waals surface area (Å²) in [6.07, 6.45) is 0.918. The fraction of sp³-hybridized carbons (Fsp3) is 0.235. The Kier molecular flexibility index (Phi) is 8.48. The number of aliphatic imine (C=N–C) groups is 1. The normalized spacial score (nSPS) is 13.4. The molecule has 24 heavy (non-hydrogen) atoms. The van der Waals surface area contributed by atoms with Crippen LogP contribution in [0.1, 0.15) is 0 Å². The Morgan fingerprint density at radius 1 is 0.958 bits per heavy atom. The third kappa shape index (κ3) is 5.97. The number of halogens is 3. The van der Waals surface area contributed by atoms with Crippen molar-refractivity contribution in [3.63, 3.8) is 0 Å². The standard InChI is InChI=1S/C17H19NOP.3ClH.Zn/c1-20(14-17-18-12-13-19-17,15-8-4-2-5-9-15)16-10-6-3-7-11-16;;;;/h2-11H,12-14H2,1H3;3*1H;/q+1;;;;+2/p-3. The third-order valence-electron chi connectivity index (χ3n) is 3.75. The summed E-state index contributed by atoms with van der Waals surface area (Å²) in [5.41, 5.74) is 0. The van der Waals surface area contributed by atoms with E-state index in [2.05, 4.69) is 72.3 Å². The first kappa shape index (κ1) is 20.1. The van der Waals surface area contributed by atoms with Gasteiger partial charge in [-0.3, -0.25) is 0 Å². The first-order chi connectivity index (χ1) is 11.5. The maximum atomic E-state index is 5.67. The molecule has 0 saturated heterocycles. The Labute approximate surface area is 161 Å². The van der Waals surface area contributed by atoms with E-state index in [4.69, 9.17) is 33.8 Å². The Morgan fingerprint density at radius 3 is 1.79 bits per heavy atom. The van der Waals surface area contributed by atoms with Crippen LogP contribution in [0.5, 0.6) is 0 Å². The summed E-state index contributed by atoms with van der Waals surface area (Å²) >= 11 is -2.21. The summed E-state index contributed by atoms with van der Waals surface area (Å²) < 4.78 is 5.67. The molecule has 2 aromatic carbocycles. The van der Waals surface area contributed by atoms with Gasteiger partial charge in [0.25, 0.3) is 0 Å². The van der Waals surface area contributed by atoms with Gasteiger partial charge in [-0.15, -0.1) is 0 Å². The molecule has 0 radical (unpaired) electrons. The van der Waals surface area contributed by atoms with E-state index in [1.165, 1.54) is 10.6 Å². The van der Waals surface area contributed by atoms with Gasteiger partial charge in [-0.1, -0.05) is 36.4 Å². The first-order valence-corrected chi connectivity index (χ1v) is 21.8. The second-order valence-corrected chi connectivity index (χ2v) is 23.0. The van der Waals surface area contributed by atoms with Crippen molar-refractivity contribution in [3.8, 4) is 0 Å². The monoisotopic (exact) mass is 453 g/mol. The molecule has 2 aromatic rings. The van der Waals surface area contributed by atoms with Gasteiger partial charge in [0.2, 0.25) is 5.90 Å². The van der Waals surface area contributed by atoms with Crippen LogP contribution in [0.25, 0.3) is 0 Å². The molecule has 0 saturated carbocycles. The van der Waals surface area contributed by atoms with Crippen LogP contribution in [0.2, 0.25) is 0 Å². The molecule has 7 heteroatoms. The minimum atomic E-state index is -2.21. The summed E-state index contributed by atoms with van der Waals surface area (Å²) in [6, 6.07) is 21.5. The zero-order valence-electron chi connectivity index (χ0n) is 13.5. The van der Waals surface area contributed by atoms with E-state index in [1.54, 1.807) is 0 Å². The van der Waals surface area contributed by atoms with Crippen molar-refractivity contribution in [2.45, 2.75) is 0 Å². The zero-order chi connectivity index (χ0) is 17.4. The summed E-state index contributed by atoms with van der Waals surface area (Å²) in [4.78, 5) is 4.49. The number of hydrogen-bond acceptors (Lipinski definition) is 2. The molecule has 0 bridgehead atoms. The maximum absolute atomic E-state index is 5.67. The predicted molar refractivity (Wildman–Crippen MR) is 106 cm³/mol. The molecular weight excluding hydrogens is 437 g/mol. The molecule has 3 rings (SSSR count). The van der Waals surface area contributed by atoms with E-state index in [-0.39, 0.29) is 0 Å². The Hall–Kier alpha value is -0.167. The van der Waals surface area contributed by atoms with Crippen LogP contribution in [0.15, 0.2) is 65.7 Å². The van der Waals surface area contributed by atoms with Crippen molar-refractivity contribution in [2.24, 2.45) is 4.99 Å². The molecule has 2 nitrogen and oxygen atoms in total. The quantitative estimate of drug-likeness (QED) is 0.480. The van der Waals surface area contributed by atoms with E-state index in [9.17, 15) is 0 Å². The van der Waals surface area contributed by atoms with Gasteiger partial charge in [-0.25, -0.2) is 4.99 Å². The summed E-state index contributed by atoms with van der Waals surface area (Å²) in [5.74, 6) is 0.925. The van der Waals surface area contributed by atoms with Gasteiger partial charge in [0.05, 0.1) is 31.1 Å². The van der Waals surface area contributed by atoms with Crippen molar-refractivity contribution in [3.05, 3.63) is 60.7 Å². The Morgan fingerprint density at radius 2 is 1.42 bits per heavy atom. The van der Waals surface area contributed by atoms with E-state index < -0.39 is 20.2 Å². The molecule has 0 aromatic heterocycles. The van der Waals surface area contributed by atoms with Crippen LogP contribution in [-0.2, 0) is 17.7 Å². The molecule has 0 aliphatic carbocycles. The number of ether oxygens (including phenoxy) is 1. The average Bonchev–Trinajstić information content (AvgIpc) is 3.09. The van der Waals surface area contributed by atoms with Crippen molar-refractivity contribution in [1.29, 1.82) is 0 Å². The second kappa shape index (κ2) is 10.1. The molecule has 0 amide bonds. The number of benzene rings is 2. The fourth-order valence-corrected chi connectivity index (χ4v) is 5.65. The minimum absolute atomic E-state index is 0.735. The molecular formula is C17H19Cl3NOPZn. The molecule has 0 atom stereocenters. The SMILES string of the molecule is C[P+](CC1=NCCO1)(c1ccccc1)c1ccccc1.[Cl][Zn-]([Cl])[Cl]. The average molecular weight is 456 g/mol. The molecule has 126 valence electrons. The van der Waals surface area contributed by atoms with Gasteiger partial charge >= 0.3 is 42.1 Å². The topological polar surface area (TPSA) is 21.6 Å². The van der Waals surface area contributed by atoms with Gasteiger partial charge < -0.3 is 4.74 Å². The Bertz CT molecular complexity index is 613. The summed E-state index contributed by atoms with van der Waals surface area (Å²) in [7, 11) is 13.6. The van der Waals surface area contributed by atoms with Crippen LogP contribution in [-0.4, -0.2) is 31.9 Å². The molecule has 0 fully saturated rings. The van der Waals surface area contributed by atoms with Crippen LogP contribution < -0.4 is 10.6 Å². The van der Waals surface area contributed by atoms with Crippen molar-refractivity contribution >= 4 is 52.8 Å². The summed E-state index contributed by atoms with van der Waals surface area (Å²) in [5, 5.41) is 2.81. The van der Waals surface area contributed by atoms with E-state index >= 15 is 0 Å². The molecule has 1 heterocycles. The third-order valence-corrected chi connectivity index (χ3v) is 7.53. The number of nitrogens with zero attached hydrogens (tertiary/aromatic N) is 1. The van der Waals surface area contributed by atoms with Crippen molar-refractivity contribution in [2.75, 3.05) is 26.0 Å². The molecule has 0 spiro atoms. The second-order valence-electron chi connectivity index (χ2n) is 5.45. The Balaban J connectivity index is 0.000000471. The summed E-state index contributed by atoms with van der Waals surface area (Å²) in [6.45, 7) is 3.92. The van der Waals surface area contributed by atoms with Crippen LogP contribution >= 0.6 is 36.3 Å². The van der Waals surface area contributed by atoms with Crippen LogP contribution in [0, 0.1) is 0 Å². The number of rotatable bonds is 4.